The minimum atomic E-state index is -1.42. The highest BCUT2D eigenvalue weighted by atomic mass is 32.2. The van der Waals surface area contributed by atoms with Crippen LogP contribution in [0.2, 0.25) is 0 Å². The molecule has 0 bridgehead atoms. The van der Waals surface area contributed by atoms with Crippen LogP contribution in [-0.2, 0) is 17.7 Å². The summed E-state index contributed by atoms with van der Waals surface area (Å²) in [5.41, 5.74) is 2.67. The van der Waals surface area contributed by atoms with Crippen molar-refractivity contribution in [2.24, 2.45) is 4.99 Å². The Morgan fingerprint density at radius 3 is 2.71 bits per heavy atom. The Morgan fingerprint density at radius 1 is 1.18 bits per heavy atom. The molecule has 0 radical (unpaired) electrons. The van der Waals surface area contributed by atoms with Crippen LogP contribution in [0.3, 0.4) is 0 Å². The number of anilines is 1. The van der Waals surface area contributed by atoms with E-state index in [2.05, 4.69) is 9.88 Å². The first-order valence-corrected chi connectivity index (χ1v) is 12.8. The second-order valence-corrected chi connectivity index (χ2v) is 10.2. The first kappa shape index (κ1) is 21.3. The number of carbonyl (C=O) groups is 1. The fourth-order valence-corrected chi connectivity index (χ4v) is 6.07. The molecule has 0 spiro atoms. The van der Waals surface area contributed by atoms with E-state index in [0.717, 1.165) is 30.4 Å². The highest BCUT2D eigenvalue weighted by Crippen LogP contribution is 2.42. The topological polar surface area (TPSA) is 89.7 Å². The Hall–Kier alpha value is -3.24. The van der Waals surface area contributed by atoms with Crippen molar-refractivity contribution in [3.8, 4) is 11.3 Å². The molecule has 8 nitrogen and oxygen atoms in total. The van der Waals surface area contributed by atoms with Gasteiger partial charge in [0.1, 0.15) is 6.26 Å². The zero-order chi connectivity index (χ0) is 23.6. The van der Waals surface area contributed by atoms with Gasteiger partial charge < -0.3 is 4.55 Å². The van der Waals surface area contributed by atoms with E-state index < -0.39 is 17.1 Å². The van der Waals surface area contributed by atoms with Crippen molar-refractivity contribution >= 4 is 28.9 Å². The van der Waals surface area contributed by atoms with Crippen molar-refractivity contribution < 1.29 is 13.7 Å². The molecule has 3 atom stereocenters. The molecule has 2 aliphatic heterocycles. The summed E-state index contributed by atoms with van der Waals surface area (Å²) in [6.45, 7) is 0.351. The summed E-state index contributed by atoms with van der Waals surface area (Å²) in [4.78, 5) is 25.7. The molecule has 1 aliphatic carbocycles. The number of guanidine groups is 1. The molecule has 1 amide bonds. The number of carbonyl (C=O) groups excluding carboxylic acids is 1. The highest BCUT2D eigenvalue weighted by Gasteiger charge is 2.50. The van der Waals surface area contributed by atoms with Gasteiger partial charge in [-0.15, -0.1) is 5.10 Å². The van der Waals surface area contributed by atoms with Gasteiger partial charge in [-0.2, -0.15) is 4.39 Å². The first-order chi connectivity index (χ1) is 16.4. The van der Waals surface area contributed by atoms with Gasteiger partial charge in [-0.25, -0.2) is 14.7 Å². The van der Waals surface area contributed by atoms with Crippen molar-refractivity contribution in [3.63, 3.8) is 0 Å². The Kier molecular flexibility index (Phi) is 4.96. The molecule has 2 aromatic heterocycles. The highest BCUT2D eigenvalue weighted by molar-refractivity contribution is 7.90. The summed E-state index contributed by atoms with van der Waals surface area (Å²) in [5.74, 6) is 0.441. The van der Waals surface area contributed by atoms with Gasteiger partial charge in [0.2, 0.25) is 11.9 Å². The maximum absolute atomic E-state index is 13.5. The fraction of sp³-hybridized carbons (Fsp3) is 0.333. The van der Waals surface area contributed by atoms with Gasteiger partial charge in [0.25, 0.3) is 10.9 Å². The summed E-state index contributed by atoms with van der Waals surface area (Å²) in [6.07, 6.45) is 4.66. The number of fused-ring (bicyclic) bond motifs is 5. The first-order valence-electron chi connectivity index (χ1n) is 11.2. The van der Waals surface area contributed by atoms with Gasteiger partial charge in [0.15, 0.2) is 11.4 Å². The SMILES string of the molecule is CN1C(=O)c2c(nn(Cc3ccc(-c4cccc(F)n4)cc3)c2[S@+](C)[O-])N2C1=NC1CCCC12. The molecule has 1 aromatic carbocycles. The maximum atomic E-state index is 13.5. The molecule has 3 aromatic rings. The molecule has 1 fully saturated rings. The second-order valence-electron chi connectivity index (χ2n) is 8.89. The Balaban J connectivity index is 1.38. The van der Waals surface area contributed by atoms with E-state index in [1.54, 1.807) is 35.0 Å². The second kappa shape index (κ2) is 7.92. The van der Waals surface area contributed by atoms with Crippen LogP contribution in [0.15, 0.2) is 52.5 Å². The summed E-state index contributed by atoms with van der Waals surface area (Å²) >= 11 is -1.42. The average molecular weight is 479 g/mol. The number of benzene rings is 1. The molecule has 0 N–H and O–H groups in total. The van der Waals surface area contributed by atoms with E-state index in [-0.39, 0.29) is 18.0 Å². The van der Waals surface area contributed by atoms with E-state index in [9.17, 15) is 13.7 Å². The zero-order valence-corrected chi connectivity index (χ0v) is 19.6. The maximum Gasteiger partial charge on any atom is 0.271 e. The lowest BCUT2D eigenvalue weighted by molar-refractivity contribution is 0.0861. The molecular weight excluding hydrogens is 455 g/mol. The quantitative estimate of drug-likeness (QED) is 0.425. The van der Waals surface area contributed by atoms with E-state index >= 15 is 0 Å². The largest absolute Gasteiger partial charge is 0.610 e. The molecule has 4 heterocycles. The number of pyridine rings is 1. The number of aliphatic imine (C=N–C) groups is 1. The molecule has 174 valence electrons. The van der Waals surface area contributed by atoms with Gasteiger partial charge in [-0.3, -0.25) is 14.6 Å². The molecule has 34 heavy (non-hydrogen) atoms. The zero-order valence-electron chi connectivity index (χ0n) is 18.8. The molecule has 2 unspecified atom stereocenters. The smallest absolute Gasteiger partial charge is 0.271 e. The number of halogens is 1. The van der Waals surface area contributed by atoms with E-state index in [1.165, 1.54) is 6.07 Å². The van der Waals surface area contributed by atoms with Gasteiger partial charge in [-0.1, -0.05) is 30.3 Å². The van der Waals surface area contributed by atoms with E-state index in [4.69, 9.17) is 10.1 Å². The molecule has 10 heteroatoms. The van der Waals surface area contributed by atoms with Crippen LogP contribution < -0.4 is 4.90 Å². The number of amides is 1. The van der Waals surface area contributed by atoms with Crippen LogP contribution >= 0.6 is 0 Å². The third kappa shape index (κ3) is 3.24. The lowest BCUT2D eigenvalue weighted by atomic mass is 10.1. The van der Waals surface area contributed by atoms with Crippen molar-refractivity contribution in [2.75, 3.05) is 18.2 Å². The Morgan fingerprint density at radius 2 is 1.97 bits per heavy atom. The molecule has 0 saturated heterocycles. The molecule has 6 rings (SSSR count). The standard InChI is InChI=1S/C24H23FN6O2S/c1-29-22(32)20-21(31-18-7-3-6-17(18)27-24(29)31)28-30(23(20)34(2)33)13-14-9-11-15(12-10-14)16-5-4-8-19(25)26-16/h4-5,8-12,17-18H,3,6-7,13H2,1-2H3/t17?,18?,34-/m0/s1. The minimum absolute atomic E-state index is 0.168. The molecular formula is C24H23FN6O2S. The number of hydrogen-bond acceptors (Lipinski definition) is 6. The van der Waals surface area contributed by atoms with Gasteiger partial charge in [0, 0.05) is 23.8 Å². The summed E-state index contributed by atoms with van der Waals surface area (Å²) in [5, 5.41) is 5.23. The minimum Gasteiger partial charge on any atom is -0.610 e. The van der Waals surface area contributed by atoms with Crippen LogP contribution in [0, 0.1) is 5.95 Å². The van der Waals surface area contributed by atoms with Crippen LogP contribution in [0.4, 0.5) is 10.2 Å². The number of nitrogens with zero attached hydrogens (tertiary/aromatic N) is 6. The molecule has 1 saturated carbocycles. The monoisotopic (exact) mass is 478 g/mol. The van der Waals surface area contributed by atoms with Crippen molar-refractivity contribution in [3.05, 3.63) is 59.5 Å². The van der Waals surface area contributed by atoms with Crippen molar-refractivity contribution in [1.82, 2.24) is 19.7 Å². The summed E-state index contributed by atoms with van der Waals surface area (Å²) in [6, 6.07) is 12.6. The van der Waals surface area contributed by atoms with Gasteiger partial charge in [-0.05, 0) is 37.0 Å². The third-order valence-corrected chi connectivity index (χ3v) is 7.74. The average Bonchev–Trinajstić information content (AvgIpc) is 3.51. The predicted molar refractivity (Wildman–Crippen MR) is 127 cm³/mol. The van der Waals surface area contributed by atoms with E-state index in [1.807, 2.05) is 24.3 Å². The van der Waals surface area contributed by atoms with Crippen LogP contribution in [0.5, 0.6) is 0 Å². The van der Waals surface area contributed by atoms with Gasteiger partial charge in [0.05, 0.1) is 24.3 Å². The van der Waals surface area contributed by atoms with Gasteiger partial charge >= 0.3 is 0 Å². The number of hydrogen-bond donors (Lipinski definition) is 0. The summed E-state index contributed by atoms with van der Waals surface area (Å²) < 4.78 is 28.0. The van der Waals surface area contributed by atoms with Crippen LogP contribution in [0.25, 0.3) is 11.3 Å². The number of aromatic nitrogens is 3. The van der Waals surface area contributed by atoms with Crippen molar-refractivity contribution in [2.45, 2.75) is 42.9 Å². The Bertz CT molecular complexity index is 1320. The van der Waals surface area contributed by atoms with Crippen LogP contribution in [-0.4, -0.2) is 61.5 Å². The predicted octanol–water partition coefficient (Wildman–Crippen LogP) is 3.05. The Labute approximate surface area is 199 Å². The van der Waals surface area contributed by atoms with Crippen LogP contribution in [0.1, 0.15) is 35.2 Å². The third-order valence-electron chi connectivity index (χ3n) is 6.78. The summed E-state index contributed by atoms with van der Waals surface area (Å²) in [7, 11) is 1.72. The lowest BCUT2D eigenvalue weighted by Gasteiger charge is -2.33. The molecule has 3 aliphatic rings. The van der Waals surface area contributed by atoms with Crippen molar-refractivity contribution in [1.29, 1.82) is 0 Å². The number of rotatable bonds is 4. The fourth-order valence-electron chi connectivity index (χ4n) is 5.20. The van der Waals surface area contributed by atoms with E-state index in [0.29, 0.717) is 34.6 Å². The normalized spacial score (nSPS) is 21.9. The lowest BCUT2D eigenvalue weighted by Crippen LogP contribution is -2.51.